The van der Waals surface area contributed by atoms with Crippen LogP contribution in [0.5, 0.6) is 5.75 Å². The number of aliphatic imine (C=N–C) groups is 1. The lowest BCUT2D eigenvalue weighted by molar-refractivity contribution is 0.187. The highest BCUT2D eigenvalue weighted by atomic mass is 127. The molecule has 1 fully saturated rings. The Kier molecular flexibility index (Phi) is 11.7. The van der Waals surface area contributed by atoms with E-state index in [0.717, 1.165) is 36.3 Å². The molecule has 6 heteroatoms. The van der Waals surface area contributed by atoms with E-state index in [1.54, 1.807) is 7.11 Å². The predicted molar refractivity (Wildman–Crippen MR) is 121 cm³/mol. The number of ether oxygens (including phenoxy) is 1. The van der Waals surface area contributed by atoms with Gasteiger partial charge >= 0.3 is 0 Å². The molecule has 2 N–H and O–H groups in total. The lowest BCUT2D eigenvalue weighted by Crippen LogP contribution is -2.39. The van der Waals surface area contributed by atoms with Crippen LogP contribution in [-0.2, 0) is 6.54 Å². The second-order valence-corrected chi connectivity index (χ2v) is 6.64. The highest BCUT2D eigenvalue weighted by Gasteiger charge is 2.17. The molecule has 0 atom stereocenters. The molecule has 1 aliphatic heterocycles. The van der Waals surface area contributed by atoms with E-state index in [4.69, 9.17) is 9.73 Å². The molecule has 0 saturated carbocycles. The van der Waals surface area contributed by atoms with E-state index in [9.17, 15) is 0 Å². The second kappa shape index (κ2) is 13.2. The van der Waals surface area contributed by atoms with Gasteiger partial charge in [-0.15, -0.1) is 24.0 Å². The fraction of sp³-hybridized carbons (Fsp3) is 0.650. The summed E-state index contributed by atoms with van der Waals surface area (Å²) in [5, 5.41) is 6.82. The maximum Gasteiger partial charge on any atom is 0.191 e. The maximum absolute atomic E-state index is 5.27. The monoisotopic (exact) mass is 474 g/mol. The second-order valence-electron chi connectivity index (χ2n) is 6.64. The summed E-state index contributed by atoms with van der Waals surface area (Å²) in [5.74, 6) is 2.62. The van der Waals surface area contributed by atoms with Gasteiger partial charge in [-0.05, 0) is 69.4 Å². The lowest BCUT2D eigenvalue weighted by Gasteiger charge is -2.31. The van der Waals surface area contributed by atoms with Gasteiger partial charge in [-0.1, -0.05) is 19.1 Å². The average Bonchev–Trinajstić information content (AvgIpc) is 2.66. The SMILES string of the molecule is CCNC(=NCc1cccc(OC)c1)NCCC1CCN(CC)CC1.I. The van der Waals surface area contributed by atoms with Crippen LogP contribution in [0.1, 0.15) is 38.7 Å². The number of guanidine groups is 1. The van der Waals surface area contributed by atoms with Crippen LogP contribution < -0.4 is 15.4 Å². The topological polar surface area (TPSA) is 48.9 Å². The number of rotatable bonds is 8. The summed E-state index contributed by atoms with van der Waals surface area (Å²) in [7, 11) is 1.69. The standard InChI is InChI=1S/C20H34N4O.HI/c1-4-21-20(23-16-18-7-6-8-19(15-18)25-3)22-12-9-17-10-13-24(5-2)14-11-17;/h6-8,15,17H,4-5,9-14,16H2,1-3H3,(H2,21,22,23);1H. The number of likely N-dealkylation sites (tertiary alicyclic amines) is 1. The van der Waals surface area contributed by atoms with Gasteiger partial charge < -0.3 is 20.3 Å². The largest absolute Gasteiger partial charge is 0.497 e. The summed E-state index contributed by atoms with van der Waals surface area (Å²) in [6.45, 7) is 10.6. The molecule has 1 saturated heterocycles. The Labute approximate surface area is 176 Å². The first-order valence-electron chi connectivity index (χ1n) is 9.62. The maximum atomic E-state index is 5.27. The van der Waals surface area contributed by atoms with Gasteiger partial charge in [-0.25, -0.2) is 4.99 Å². The smallest absolute Gasteiger partial charge is 0.191 e. The molecule has 0 spiro atoms. The molecule has 0 unspecified atom stereocenters. The molecule has 2 rings (SSSR count). The molecule has 148 valence electrons. The first kappa shape index (κ1) is 23.0. The van der Waals surface area contributed by atoms with Crippen LogP contribution >= 0.6 is 24.0 Å². The van der Waals surface area contributed by atoms with Gasteiger partial charge in [-0.3, -0.25) is 0 Å². The minimum Gasteiger partial charge on any atom is -0.497 e. The molecule has 1 aliphatic rings. The molecule has 0 aliphatic carbocycles. The Hall–Kier alpha value is -1.02. The van der Waals surface area contributed by atoms with Crippen LogP contribution in [0.4, 0.5) is 0 Å². The van der Waals surface area contributed by atoms with Gasteiger partial charge in [0.1, 0.15) is 5.75 Å². The van der Waals surface area contributed by atoms with Gasteiger partial charge in [-0.2, -0.15) is 0 Å². The van der Waals surface area contributed by atoms with Crippen molar-refractivity contribution in [2.45, 2.75) is 39.7 Å². The van der Waals surface area contributed by atoms with E-state index in [2.05, 4.69) is 35.4 Å². The Morgan fingerprint density at radius 3 is 2.65 bits per heavy atom. The molecule has 1 heterocycles. The van der Waals surface area contributed by atoms with Crippen LogP contribution in [0.15, 0.2) is 29.3 Å². The summed E-state index contributed by atoms with van der Waals surface area (Å²) in [6, 6.07) is 8.08. The summed E-state index contributed by atoms with van der Waals surface area (Å²) < 4.78 is 5.27. The van der Waals surface area contributed by atoms with E-state index in [0.29, 0.717) is 6.54 Å². The summed E-state index contributed by atoms with van der Waals surface area (Å²) in [6.07, 6.45) is 3.88. The summed E-state index contributed by atoms with van der Waals surface area (Å²) in [4.78, 5) is 7.24. The van der Waals surface area contributed by atoms with Crippen LogP contribution in [0.3, 0.4) is 0 Å². The van der Waals surface area contributed by atoms with Gasteiger partial charge in [0.25, 0.3) is 0 Å². The highest BCUT2D eigenvalue weighted by Crippen LogP contribution is 2.19. The molecule has 0 amide bonds. The number of methoxy groups -OCH3 is 1. The molecule has 5 nitrogen and oxygen atoms in total. The zero-order chi connectivity index (χ0) is 17.9. The number of piperidine rings is 1. The summed E-state index contributed by atoms with van der Waals surface area (Å²) >= 11 is 0. The van der Waals surface area contributed by atoms with Crippen molar-refractivity contribution in [3.8, 4) is 5.75 Å². The van der Waals surface area contributed by atoms with Crippen LogP contribution in [0.25, 0.3) is 0 Å². The first-order valence-corrected chi connectivity index (χ1v) is 9.62. The minimum absolute atomic E-state index is 0. The molecule has 0 bridgehead atoms. The number of nitrogens with one attached hydrogen (secondary N) is 2. The number of benzene rings is 1. The van der Waals surface area contributed by atoms with Crippen molar-refractivity contribution >= 4 is 29.9 Å². The van der Waals surface area contributed by atoms with Crippen LogP contribution in [0.2, 0.25) is 0 Å². The highest BCUT2D eigenvalue weighted by molar-refractivity contribution is 14.0. The van der Waals surface area contributed by atoms with E-state index in [1.807, 2.05) is 18.2 Å². The molecule has 0 radical (unpaired) electrons. The Morgan fingerprint density at radius 2 is 2.00 bits per heavy atom. The normalized spacial score (nSPS) is 16.0. The number of hydrogen-bond donors (Lipinski definition) is 2. The number of hydrogen-bond acceptors (Lipinski definition) is 3. The summed E-state index contributed by atoms with van der Waals surface area (Å²) in [5.41, 5.74) is 1.16. The Balaban J connectivity index is 0.00000338. The molecule has 1 aromatic rings. The van der Waals surface area contributed by atoms with Crippen molar-refractivity contribution in [3.63, 3.8) is 0 Å². The Bertz CT molecular complexity index is 530. The predicted octanol–water partition coefficient (Wildman–Crippen LogP) is 3.49. The van der Waals surface area contributed by atoms with E-state index in [1.165, 1.54) is 38.9 Å². The van der Waals surface area contributed by atoms with Gasteiger partial charge in [0.2, 0.25) is 0 Å². The van der Waals surface area contributed by atoms with E-state index in [-0.39, 0.29) is 24.0 Å². The third-order valence-corrected chi connectivity index (χ3v) is 4.90. The third-order valence-electron chi connectivity index (χ3n) is 4.90. The third kappa shape index (κ3) is 8.12. The fourth-order valence-electron chi connectivity index (χ4n) is 3.27. The van der Waals surface area contributed by atoms with Crippen molar-refractivity contribution in [1.82, 2.24) is 15.5 Å². The van der Waals surface area contributed by atoms with Crippen molar-refractivity contribution in [1.29, 1.82) is 0 Å². The molecule has 26 heavy (non-hydrogen) atoms. The van der Waals surface area contributed by atoms with Gasteiger partial charge in [0, 0.05) is 13.1 Å². The van der Waals surface area contributed by atoms with Crippen molar-refractivity contribution in [3.05, 3.63) is 29.8 Å². The molecular formula is C20H35IN4O. The minimum atomic E-state index is 0. The first-order chi connectivity index (χ1) is 12.2. The van der Waals surface area contributed by atoms with Gasteiger partial charge in [0.05, 0.1) is 13.7 Å². The Morgan fingerprint density at radius 1 is 1.23 bits per heavy atom. The fourth-order valence-corrected chi connectivity index (χ4v) is 3.27. The molecular weight excluding hydrogens is 439 g/mol. The van der Waals surface area contributed by atoms with Crippen molar-refractivity contribution < 1.29 is 4.74 Å². The van der Waals surface area contributed by atoms with Crippen LogP contribution in [0, 0.1) is 5.92 Å². The molecule has 1 aromatic carbocycles. The van der Waals surface area contributed by atoms with Crippen molar-refractivity contribution in [2.24, 2.45) is 10.9 Å². The zero-order valence-electron chi connectivity index (χ0n) is 16.5. The zero-order valence-corrected chi connectivity index (χ0v) is 18.8. The molecule has 0 aromatic heterocycles. The quantitative estimate of drug-likeness (QED) is 0.344. The average molecular weight is 474 g/mol. The van der Waals surface area contributed by atoms with Crippen molar-refractivity contribution in [2.75, 3.05) is 39.8 Å². The van der Waals surface area contributed by atoms with E-state index < -0.39 is 0 Å². The number of halogens is 1. The van der Waals surface area contributed by atoms with E-state index >= 15 is 0 Å². The van der Waals surface area contributed by atoms with Gasteiger partial charge in [0.15, 0.2) is 5.96 Å². The van der Waals surface area contributed by atoms with Crippen LogP contribution in [-0.4, -0.2) is 50.7 Å². The lowest BCUT2D eigenvalue weighted by atomic mass is 9.93. The number of nitrogens with zero attached hydrogens (tertiary/aromatic N) is 2.